The lowest BCUT2D eigenvalue weighted by Crippen LogP contribution is -2.29. The van der Waals surface area contributed by atoms with Gasteiger partial charge in [-0.25, -0.2) is 0 Å². The zero-order chi connectivity index (χ0) is 15.3. The van der Waals surface area contributed by atoms with E-state index in [1.807, 2.05) is 7.05 Å². The largest absolute Gasteiger partial charge is 0.342 e. The van der Waals surface area contributed by atoms with Crippen LogP contribution in [0.15, 0.2) is 12.1 Å². The second-order valence-corrected chi connectivity index (χ2v) is 5.02. The van der Waals surface area contributed by atoms with Gasteiger partial charge in [-0.15, -0.1) is 0 Å². The summed E-state index contributed by atoms with van der Waals surface area (Å²) in [7, 11) is 3.45. The first kappa shape index (κ1) is 16.7. The summed E-state index contributed by atoms with van der Waals surface area (Å²) in [6, 6.07) is 2.49. The van der Waals surface area contributed by atoms with Crippen LogP contribution >= 0.6 is 23.2 Å². The molecule has 0 atom stereocenters. The first-order chi connectivity index (χ1) is 9.38. The maximum atomic E-state index is 12.2. The van der Waals surface area contributed by atoms with Gasteiger partial charge in [-0.3, -0.25) is 14.9 Å². The predicted molar refractivity (Wildman–Crippen MR) is 78.6 cm³/mol. The van der Waals surface area contributed by atoms with Gasteiger partial charge < -0.3 is 10.2 Å². The van der Waals surface area contributed by atoms with Crippen LogP contribution in [0.2, 0.25) is 10.0 Å². The molecule has 0 unspecified atom stereocenters. The summed E-state index contributed by atoms with van der Waals surface area (Å²) in [6.45, 7) is 1.31. The van der Waals surface area contributed by atoms with E-state index in [0.717, 1.165) is 19.0 Å². The molecule has 0 fully saturated rings. The van der Waals surface area contributed by atoms with Crippen LogP contribution in [0.25, 0.3) is 0 Å². The summed E-state index contributed by atoms with van der Waals surface area (Å²) in [4.78, 5) is 23.8. The number of carbonyl (C=O) groups excluding carboxylic acids is 1. The van der Waals surface area contributed by atoms with Gasteiger partial charge >= 0.3 is 0 Å². The maximum absolute atomic E-state index is 12.2. The van der Waals surface area contributed by atoms with Gasteiger partial charge in [-0.1, -0.05) is 23.2 Å². The molecule has 0 saturated heterocycles. The fourth-order valence-corrected chi connectivity index (χ4v) is 2.04. The van der Waals surface area contributed by atoms with Gasteiger partial charge in [0.2, 0.25) is 0 Å². The van der Waals surface area contributed by atoms with Crippen LogP contribution in [0.1, 0.15) is 16.8 Å². The highest BCUT2D eigenvalue weighted by Gasteiger charge is 2.21. The van der Waals surface area contributed by atoms with Crippen LogP contribution in [0.4, 0.5) is 5.69 Å². The summed E-state index contributed by atoms with van der Waals surface area (Å²) in [5.41, 5.74) is -0.218. The third-order valence-electron chi connectivity index (χ3n) is 2.72. The molecule has 0 aromatic heterocycles. The average molecular weight is 320 g/mol. The third kappa shape index (κ3) is 4.06. The molecule has 1 N–H and O–H groups in total. The van der Waals surface area contributed by atoms with Gasteiger partial charge in [-0.2, -0.15) is 0 Å². The fourth-order valence-electron chi connectivity index (χ4n) is 1.65. The van der Waals surface area contributed by atoms with Crippen molar-refractivity contribution >= 4 is 34.8 Å². The normalized spacial score (nSPS) is 10.4. The van der Waals surface area contributed by atoms with E-state index in [4.69, 9.17) is 23.2 Å². The molecule has 0 saturated carbocycles. The zero-order valence-corrected chi connectivity index (χ0v) is 12.7. The van der Waals surface area contributed by atoms with Crippen molar-refractivity contribution in [2.75, 3.05) is 27.2 Å². The quantitative estimate of drug-likeness (QED) is 0.496. The van der Waals surface area contributed by atoms with Crippen LogP contribution in [-0.4, -0.2) is 42.9 Å². The second-order valence-electron chi connectivity index (χ2n) is 4.23. The highest BCUT2D eigenvalue weighted by Crippen LogP contribution is 2.33. The number of nitrogens with one attached hydrogen (secondary N) is 1. The number of hydrogen-bond acceptors (Lipinski definition) is 4. The Hall–Kier alpha value is -1.37. The van der Waals surface area contributed by atoms with E-state index in [1.165, 1.54) is 11.0 Å². The Morgan fingerprint density at radius 2 is 2.10 bits per heavy atom. The molecule has 110 valence electrons. The summed E-state index contributed by atoms with van der Waals surface area (Å²) < 4.78 is 0. The Labute approximate surface area is 126 Å². The summed E-state index contributed by atoms with van der Waals surface area (Å²) in [5.74, 6) is -0.331. The minimum atomic E-state index is -0.661. The number of nitro benzene ring substituents is 1. The van der Waals surface area contributed by atoms with Gasteiger partial charge in [0.1, 0.15) is 5.02 Å². The van der Waals surface area contributed by atoms with Crippen molar-refractivity contribution < 1.29 is 9.72 Å². The molecule has 0 bridgehead atoms. The standard InChI is InChI=1S/C12H15Cl2N3O3/c1-15-4-3-5-16(2)12(18)8-6-9(13)11(14)10(7-8)17(19)20/h6-7,15H,3-5H2,1-2H3. The van der Waals surface area contributed by atoms with Crippen molar-refractivity contribution in [2.45, 2.75) is 6.42 Å². The van der Waals surface area contributed by atoms with Crippen molar-refractivity contribution in [2.24, 2.45) is 0 Å². The molecule has 8 heteroatoms. The number of benzene rings is 1. The molecule has 0 aliphatic heterocycles. The van der Waals surface area contributed by atoms with Gasteiger partial charge in [0, 0.05) is 25.2 Å². The van der Waals surface area contributed by atoms with Crippen molar-refractivity contribution in [1.29, 1.82) is 0 Å². The Morgan fingerprint density at radius 3 is 2.65 bits per heavy atom. The fraction of sp³-hybridized carbons (Fsp3) is 0.417. The van der Waals surface area contributed by atoms with E-state index < -0.39 is 4.92 Å². The van der Waals surface area contributed by atoms with Crippen LogP contribution in [0, 0.1) is 10.1 Å². The SMILES string of the molecule is CNCCCN(C)C(=O)c1cc(Cl)c(Cl)c([N+](=O)[O-])c1. The Morgan fingerprint density at radius 1 is 1.45 bits per heavy atom. The van der Waals surface area contributed by atoms with E-state index in [2.05, 4.69) is 5.32 Å². The van der Waals surface area contributed by atoms with Gasteiger partial charge in [0.05, 0.1) is 9.95 Å². The Bertz CT molecular complexity index is 523. The topological polar surface area (TPSA) is 75.5 Å². The van der Waals surface area contributed by atoms with Crippen LogP contribution < -0.4 is 5.32 Å². The number of rotatable bonds is 6. The molecule has 1 aromatic rings. The second kappa shape index (κ2) is 7.42. The molecule has 20 heavy (non-hydrogen) atoms. The summed E-state index contributed by atoms with van der Waals surface area (Å²) >= 11 is 11.6. The monoisotopic (exact) mass is 319 g/mol. The Balaban J connectivity index is 2.96. The molecule has 0 heterocycles. The molecule has 1 rings (SSSR count). The molecule has 0 aliphatic rings. The summed E-state index contributed by atoms with van der Waals surface area (Å²) in [5, 5.41) is 13.7. The lowest BCUT2D eigenvalue weighted by molar-refractivity contribution is -0.384. The Kier molecular flexibility index (Phi) is 6.19. The van der Waals surface area contributed by atoms with Crippen molar-refractivity contribution in [3.63, 3.8) is 0 Å². The molecule has 0 spiro atoms. The first-order valence-corrected chi connectivity index (χ1v) is 6.67. The number of hydrogen-bond donors (Lipinski definition) is 1. The number of nitro groups is 1. The molecule has 6 nitrogen and oxygen atoms in total. The highest BCUT2D eigenvalue weighted by atomic mass is 35.5. The van der Waals surface area contributed by atoms with E-state index in [0.29, 0.717) is 6.54 Å². The molecular weight excluding hydrogens is 305 g/mol. The van der Waals surface area contributed by atoms with E-state index >= 15 is 0 Å². The van der Waals surface area contributed by atoms with Crippen molar-refractivity contribution in [3.8, 4) is 0 Å². The van der Waals surface area contributed by atoms with Crippen LogP contribution in [0.5, 0.6) is 0 Å². The zero-order valence-electron chi connectivity index (χ0n) is 11.2. The molecule has 0 aliphatic carbocycles. The summed E-state index contributed by atoms with van der Waals surface area (Å²) in [6.07, 6.45) is 0.780. The number of halogens is 2. The van der Waals surface area contributed by atoms with Crippen LogP contribution in [-0.2, 0) is 0 Å². The third-order valence-corrected chi connectivity index (χ3v) is 3.51. The smallest absolute Gasteiger partial charge is 0.290 e. The van der Waals surface area contributed by atoms with Gasteiger partial charge in [0.15, 0.2) is 0 Å². The van der Waals surface area contributed by atoms with E-state index in [1.54, 1.807) is 7.05 Å². The molecule has 1 aromatic carbocycles. The van der Waals surface area contributed by atoms with Gasteiger partial charge in [0.25, 0.3) is 11.6 Å². The molecular formula is C12H15Cl2N3O3. The van der Waals surface area contributed by atoms with Crippen molar-refractivity contribution in [3.05, 3.63) is 37.9 Å². The average Bonchev–Trinajstić information content (AvgIpc) is 2.40. The molecule has 0 radical (unpaired) electrons. The van der Waals surface area contributed by atoms with E-state index in [9.17, 15) is 14.9 Å². The minimum Gasteiger partial charge on any atom is -0.342 e. The van der Waals surface area contributed by atoms with Crippen molar-refractivity contribution in [1.82, 2.24) is 10.2 Å². The molecule has 1 amide bonds. The minimum absolute atomic E-state index is 0.00663. The first-order valence-electron chi connectivity index (χ1n) is 5.92. The maximum Gasteiger partial charge on any atom is 0.290 e. The number of amides is 1. The van der Waals surface area contributed by atoms with Crippen LogP contribution in [0.3, 0.4) is 0 Å². The lowest BCUT2D eigenvalue weighted by Gasteiger charge is -2.17. The lowest BCUT2D eigenvalue weighted by atomic mass is 10.1. The number of carbonyl (C=O) groups is 1. The van der Waals surface area contributed by atoms with E-state index in [-0.39, 0.29) is 27.2 Å². The highest BCUT2D eigenvalue weighted by molar-refractivity contribution is 6.43. The van der Waals surface area contributed by atoms with Gasteiger partial charge in [-0.05, 0) is 26.1 Å². The number of nitrogens with zero attached hydrogens (tertiary/aromatic N) is 2. The predicted octanol–water partition coefficient (Wildman–Crippen LogP) is 2.58.